The third-order valence-electron chi connectivity index (χ3n) is 4.23. The van der Waals surface area contributed by atoms with Crippen molar-refractivity contribution >= 4 is 49.3 Å². The van der Waals surface area contributed by atoms with E-state index in [0.717, 1.165) is 43.4 Å². The van der Waals surface area contributed by atoms with Crippen molar-refractivity contribution in [3.05, 3.63) is 72.3 Å². The van der Waals surface area contributed by atoms with E-state index < -0.39 is 10.0 Å². The zero-order chi connectivity index (χ0) is 19.0. The van der Waals surface area contributed by atoms with Crippen LogP contribution >= 0.6 is 11.8 Å². The highest BCUT2D eigenvalue weighted by Gasteiger charge is 2.12. The molecule has 3 aromatic carbocycles. The molecule has 0 aliphatic heterocycles. The lowest BCUT2D eigenvalue weighted by molar-refractivity contribution is 0.607. The van der Waals surface area contributed by atoms with Crippen LogP contribution in [0, 0.1) is 6.92 Å². The molecule has 0 unspecified atom stereocenters. The predicted octanol–water partition coefficient (Wildman–Crippen LogP) is 5.22. The maximum absolute atomic E-state index is 11.5. The molecular weight excluding hydrogens is 376 g/mol. The fourth-order valence-corrected chi connectivity index (χ4v) is 4.76. The number of pyridine rings is 1. The van der Waals surface area contributed by atoms with Gasteiger partial charge < -0.3 is 0 Å². The van der Waals surface area contributed by atoms with Crippen LogP contribution in [0.3, 0.4) is 0 Å². The van der Waals surface area contributed by atoms with Gasteiger partial charge in [0.1, 0.15) is 0 Å². The third-order valence-corrected chi connectivity index (χ3v) is 6.16. The number of para-hydroxylation sites is 2. The first-order chi connectivity index (χ1) is 12.9. The number of hydrogen-bond acceptors (Lipinski definition) is 4. The van der Waals surface area contributed by atoms with Gasteiger partial charge >= 0.3 is 0 Å². The molecule has 0 amide bonds. The molecule has 0 saturated heterocycles. The Labute approximate surface area is 162 Å². The van der Waals surface area contributed by atoms with Crippen molar-refractivity contribution in [3.63, 3.8) is 0 Å². The summed E-state index contributed by atoms with van der Waals surface area (Å²) in [5, 5.41) is 2.22. The number of nitrogens with one attached hydrogen (secondary N) is 1. The number of anilines is 1. The van der Waals surface area contributed by atoms with Gasteiger partial charge in [0.25, 0.3) is 0 Å². The summed E-state index contributed by atoms with van der Waals surface area (Å²) < 4.78 is 25.4. The molecule has 4 rings (SSSR count). The quantitative estimate of drug-likeness (QED) is 0.482. The minimum Gasteiger partial charge on any atom is -0.284 e. The Morgan fingerprint density at radius 1 is 0.889 bits per heavy atom. The number of fused-ring (bicyclic) bond motifs is 2. The van der Waals surface area contributed by atoms with Gasteiger partial charge in [-0.2, -0.15) is 0 Å². The zero-order valence-electron chi connectivity index (χ0n) is 14.9. The van der Waals surface area contributed by atoms with Gasteiger partial charge in [-0.1, -0.05) is 48.2 Å². The lowest BCUT2D eigenvalue weighted by Gasteiger charge is -2.13. The summed E-state index contributed by atoms with van der Waals surface area (Å²) in [7, 11) is -3.29. The summed E-state index contributed by atoms with van der Waals surface area (Å²) in [5.74, 6) is 0. The first-order valence-electron chi connectivity index (χ1n) is 8.44. The Morgan fingerprint density at radius 3 is 2.04 bits per heavy atom. The van der Waals surface area contributed by atoms with E-state index in [1.807, 2.05) is 55.5 Å². The van der Waals surface area contributed by atoms with Gasteiger partial charge in [0, 0.05) is 26.3 Å². The molecule has 27 heavy (non-hydrogen) atoms. The van der Waals surface area contributed by atoms with E-state index in [-0.39, 0.29) is 0 Å². The minimum absolute atomic E-state index is 0.573. The highest BCUT2D eigenvalue weighted by atomic mass is 32.2. The molecule has 0 atom stereocenters. The van der Waals surface area contributed by atoms with Crippen LogP contribution in [0.4, 0.5) is 5.69 Å². The van der Waals surface area contributed by atoms with Gasteiger partial charge in [-0.15, -0.1) is 0 Å². The molecular formula is C21H18N2O2S2. The SMILES string of the molecule is Cc1cc(NS(C)(=O)=O)ccc1Sc1c2ccccc2nc2ccccc12. The van der Waals surface area contributed by atoms with Crippen LogP contribution in [0.1, 0.15) is 5.56 Å². The average Bonchev–Trinajstić information content (AvgIpc) is 2.62. The van der Waals surface area contributed by atoms with Crippen molar-refractivity contribution in [3.8, 4) is 0 Å². The third kappa shape index (κ3) is 3.77. The van der Waals surface area contributed by atoms with E-state index in [0.29, 0.717) is 5.69 Å². The Morgan fingerprint density at radius 2 is 1.48 bits per heavy atom. The van der Waals surface area contributed by atoms with E-state index in [1.54, 1.807) is 17.8 Å². The molecule has 0 radical (unpaired) electrons. The Hall–Kier alpha value is -2.57. The molecule has 0 aliphatic rings. The molecule has 1 aromatic heterocycles. The van der Waals surface area contributed by atoms with E-state index in [4.69, 9.17) is 4.98 Å². The molecule has 1 heterocycles. The summed E-state index contributed by atoms with van der Waals surface area (Å²) in [6.45, 7) is 1.99. The Bertz CT molecular complexity index is 1210. The highest BCUT2D eigenvalue weighted by Crippen LogP contribution is 2.39. The van der Waals surface area contributed by atoms with Crippen LogP contribution in [0.25, 0.3) is 21.8 Å². The lowest BCUT2D eigenvalue weighted by atomic mass is 10.1. The number of sulfonamides is 1. The normalized spacial score (nSPS) is 11.8. The van der Waals surface area contributed by atoms with Gasteiger partial charge in [-0.05, 0) is 42.8 Å². The molecule has 0 bridgehead atoms. The van der Waals surface area contributed by atoms with Crippen LogP contribution in [0.15, 0.2) is 76.5 Å². The van der Waals surface area contributed by atoms with Gasteiger partial charge in [0.2, 0.25) is 10.0 Å². The van der Waals surface area contributed by atoms with Gasteiger partial charge in [-0.3, -0.25) is 4.72 Å². The summed E-state index contributed by atoms with van der Waals surface area (Å²) in [5.41, 5.74) is 3.51. The fraction of sp³-hybridized carbons (Fsp3) is 0.0952. The highest BCUT2D eigenvalue weighted by molar-refractivity contribution is 7.99. The average molecular weight is 395 g/mol. The molecule has 6 heteroatoms. The molecule has 0 saturated carbocycles. The van der Waals surface area contributed by atoms with E-state index in [9.17, 15) is 8.42 Å². The van der Waals surface area contributed by atoms with E-state index in [1.165, 1.54) is 0 Å². The van der Waals surface area contributed by atoms with Gasteiger partial charge in [-0.25, -0.2) is 13.4 Å². The second kappa shape index (κ2) is 6.87. The summed E-state index contributed by atoms with van der Waals surface area (Å²) in [4.78, 5) is 7.00. The van der Waals surface area contributed by atoms with Crippen molar-refractivity contribution < 1.29 is 8.42 Å². The summed E-state index contributed by atoms with van der Waals surface area (Å²) >= 11 is 1.68. The molecule has 4 aromatic rings. The van der Waals surface area contributed by atoms with Crippen LogP contribution < -0.4 is 4.72 Å². The first kappa shape index (κ1) is 17.8. The first-order valence-corrected chi connectivity index (χ1v) is 11.2. The summed E-state index contributed by atoms with van der Waals surface area (Å²) in [6.07, 6.45) is 1.15. The number of nitrogens with zero attached hydrogens (tertiary/aromatic N) is 1. The van der Waals surface area contributed by atoms with Crippen LogP contribution in [0.2, 0.25) is 0 Å². The summed E-state index contributed by atoms with van der Waals surface area (Å²) in [6, 6.07) is 21.9. The van der Waals surface area contributed by atoms with Crippen molar-refractivity contribution in [2.24, 2.45) is 0 Å². The smallest absolute Gasteiger partial charge is 0.229 e. The predicted molar refractivity (Wildman–Crippen MR) is 113 cm³/mol. The molecule has 1 N–H and O–H groups in total. The fourth-order valence-electron chi connectivity index (χ4n) is 3.06. The molecule has 0 spiro atoms. The maximum atomic E-state index is 11.5. The van der Waals surface area contributed by atoms with Crippen LogP contribution in [-0.2, 0) is 10.0 Å². The van der Waals surface area contributed by atoms with E-state index in [2.05, 4.69) is 16.9 Å². The number of hydrogen-bond donors (Lipinski definition) is 1. The number of rotatable bonds is 4. The standard InChI is InChI=1S/C21H18N2O2S2/c1-14-13-15(23-27(2,24)25)11-12-20(14)26-21-16-7-3-5-9-18(16)22-19-10-6-4-8-17(19)21/h3-13,23H,1-2H3. The topological polar surface area (TPSA) is 59.1 Å². The number of aryl methyl sites for hydroxylation is 1. The maximum Gasteiger partial charge on any atom is 0.229 e. The Balaban J connectivity index is 1.83. The molecule has 0 aliphatic carbocycles. The van der Waals surface area contributed by atoms with Crippen molar-refractivity contribution in [1.82, 2.24) is 4.98 Å². The lowest BCUT2D eigenvalue weighted by Crippen LogP contribution is -2.09. The minimum atomic E-state index is -3.29. The van der Waals surface area contributed by atoms with E-state index >= 15 is 0 Å². The molecule has 0 fully saturated rings. The second-order valence-corrected chi connectivity index (χ2v) is 9.23. The van der Waals surface area contributed by atoms with Crippen LogP contribution in [-0.4, -0.2) is 19.7 Å². The number of aromatic nitrogens is 1. The van der Waals surface area contributed by atoms with Gasteiger partial charge in [0.15, 0.2) is 0 Å². The molecule has 4 nitrogen and oxygen atoms in total. The van der Waals surface area contributed by atoms with Crippen LogP contribution in [0.5, 0.6) is 0 Å². The number of benzene rings is 3. The largest absolute Gasteiger partial charge is 0.284 e. The Kier molecular flexibility index (Phi) is 4.53. The monoisotopic (exact) mass is 394 g/mol. The molecule has 136 valence electrons. The van der Waals surface area contributed by atoms with Gasteiger partial charge in [0.05, 0.1) is 17.3 Å². The zero-order valence-corrected chi connectivity index (χ0v) is 16.6. The van der Waals surface area contributed by atoms with Crippen molar-refractivity contribution in [1.29, 1.82) is 0 Å². The van der Waals surface area contributed by atoms with Crippen molar-refractivity contribution in [2.75, 3.05) is 11.0 Å². The second-order valence-electron chi connectivity index (χ2n) is 6.43. The van der Waals surface area contributed by atoms with Crippen molar-refractivity contribution in [2.45, 2.75) is 16.7 Å².